The van der Waals surface area contributed by atoms with Crippen LogP contribution in [0.2, 0.25) is 0 Å². The van der Waals surface area contributed by atoms with E-state index in [1.807, 2.05) is 77.9 Å². The lowest BCUT2D eigenvalue weighted by Gasteiger charge is -2.20. The summed E-state index contributed by atoms with van der Waals surface area (Å²) in [5, 5.41) is 2.90. The first kappa shape index (κ1) is 21.3. The molecule has 2 aromatic carbocycles. The molecule has 0 radical (unpaired) electrons. The highest BCUT2D eigenvalue weighted by molar-refractivity contribution is 5.91. The highest BCUT2D eigenvalue weighted by atomic mass is 16.2. The lowest BCUT2D eigenvalue weighted by atomic mass is 10.2. The molecule has 0 fully saturated rings. The van der Waals surface area contributed by atoms with Crippen molar-refractivity contribution in [2.45, 2.75) is 26.8 Å². The second-order valence-corrected chi connectivity index (χ2v) is 6.95. The quantitative estimate of drug-likeness (QED) is 0.557. The van der Waals surface area contributed by atoms with Gasteiger partial charge >= 0.3 is 0 Å². The van der Waals surface area contributed by atoms with Gasteiger partial charge in [-0.15, -0.1) is 0 Å². The Balaban J connectivity index is 1.67. The minimum atomic E-state index is -0.152. The van der Waals surface area contributed by atoms with Crippen molar-refractivity contribution in [3.05, 3.63) is 72.1 Å². The minimum Gasteiger partial charge on any atom is -0.352 e. The van der Waals surface area contributed by atoms with E-state index < -0.39 is 0 Å². The molecule has 6 nitrogen and oxygen atoms in total. The molecule has 30 heavy (non-hydrogen) atoms. The lowest BCUT2D eigenvalue weighted by Crippen LogP contribution is -2.34. The van der Waals surface area contributed by atoms with Gasteiger partial charge in [-0.3, -0.25) is 9.59 Å². The summed E-state index contributed by atoms with van der Waals surface area (Å²) in [4.78, 5) is 31.3. The molecule has 0 spiro atoms. The fraction of sp³-hybridized carbons (Fsp3) is 0.292. The molecule has 6 heteroatoms. The Kier molecular flexibility index (Phi) is 7.38. The van der Waals surface area contributed by atoms with Gasteiger partial charge in [-0.25, -0.2) is 4.98 Å². The van der Waals surface area contributed by atoms with Gasteiger partial charge in [-0.2, -0.15) is 0 Å². The van der Waals surface area contributed by atoms with Crippen LogP contribution in [-0.4, -0.2) is 45.9 Å². The summed E-state index contributed by atoms with van der Waals surface area (Å²) >= 11 is 0. The molecule has 0 unspecified atom stereocenters. The number of rotatable bonds is 9. The van der Waals surface area contributed by atoms with Crippen LogP contribution < -0.4 is 5.32 Å². The van der Waals surface area contributed by atoms with Gasteiger partial charge < -0.3 is 14.8 Å². The van der Waals surface area contributed by atoms with Crippen LogP contribution in [0, 0.1) is 0 Å². The second kappa shape index (κ2) is 10.4. The molecule has 0 aliphatic carbocycles. The number of hydrogen-bond donors (Lipinski definition) is 1. The van der Waals surface area contributed by atoms with Crippen LogP contribution in [0.15, 0.2) is 60.7 Å². The molecule has 3 rings (SSSR count). The molecule has 156 valence electrons. The molecule has 1 N–H and O–H groups in total. The maximum Gasteiger partial charge on any atom is 0.244 e. The molecule has 0 atom stereocenters. The maximum absolute atomic E-state index is 12.7. The van der Waals surface area contributed by atoms with Gasteiger partial charge in [0.05, 0.1) is 11.0 Å². The number of nitrogens with zero attached hydrogens (tertiary/aromatic N) is 3. The fourth-order valence-corrected chi connectivity index (χ4v) is 3.40. The predicted octanol–water partition coefficient (Wildman–Crippen LogP) is 3.28. The van der Waals surface area contributed by atoms with E-state index in [-0.39, 0.29) is 18.4 Å². The highest BCUT2D eigenvalue weighted by Gasteiger charge is 2.16. The molecule has 3 aromatic rings. The van der Waals surface area contributed by atoms with Gasteiger partial charge in [0, 0.05) is 32.1 Å². The average molecular weight is 405 g/mol. The van der Waals surface area contributed by atoms with Crippen molar-refractivity contribution in [2.24, 2.45) is 0 Å². The smallest absolute Gasteiger partial charge is 0.244 e. The predicted molar refractivity (Wildman–Crippen MR) is 120 cm³/mol. The van der Waals surface area contributed by atoms with Gasteiger partial charge in [-0.1, -0.05) is 42.5 Å². The molecular weight excluding hydrogens is 376 g/mol. The number of para-hydroxylation sites is 2. The average Bonchev–Trinajstić information content (AvgIpc) is 3.11. The number of nitrogens with one attached hydrogen (secondary N) is 1. The fourth-order valence-electron chi connectivity index (χ4n) is 3.40. The van der Waals surface area contributed by atoms with Gasteiger partial charge in [-0.05, 0) is 37.6 Å². The van der Waals surface area contributed by atoms with Crippen LogP contribution in [-0.2, 0) is 22.6 Å². The van der Waals surface area contributed by atoms with Crippen molar-refractivity contribution < 1.29 is 9.59 Å². The molecule has 1 aromatic heterocycles. The van der Waals surface area contributed by atoms with Crippen molar-refractivity contribution in [3.63, 3.8) is 0 Å². The van der Waals surface area contributed by atoms with E-state index in [0.717, 1.165) is 22.4 Å². The first-order valence-electron chi connectivity index (χ1n) is 10.3. The lowest BCUT2D eigenvalue weighted by molar-refractivity contribution is -0.131. The van der Waals surface area contributed by atoms with Gasteiger partial charge in [0.2, 0.25) is 11.8 Å². The third kappa shape index (κ3) is 5.35. The Bertz CT molecular complexity index is 1020. The Labute approximate surface area is 177 Å². The Morgan fingerprint density at radius 2 is 1.73 bits per heavy atom. The van der Waals surface area contributed by atoms with E-state index >= 15 is 0 Å². The summed E-state index contributed by atoms with van der Waals surface area (Å²) in [7, 11) is 0. The van der Waals surface area contributed by atoms with Gasteiger partial charge in [0.1, 0.15) is 12.4 Å². The molecule has 0 saturated carbocycles. The van der Waals surface area contributed by atoms with Crippen LogP contribution in [0.1, 0.15) is 25.2 Å². The topological polar surface area (TPSA) is 67.2 Å². The molecule has 2 amide bonds. The highest BCUT2D eigenvalue weighted by Crippen LogP contribution is 2.17. The van der Waals surface area contributed by atoms with Crippen molar-refractivity contribution in [1.29, 1.82) is 0 Å². The van der Waals surface area contributed by atoms with Crippen LogP contribution in [0.4, 0.5) is 0 Å². The molecule has 0 saturated heterocycles. The molecule has 0 bridgehead atoms. The van der Waals surface area contributed by atoms with E-state index in [4.69, 9.17) is 4.98 Å². The normalized spacial score (nSPS) is 11.1. The Morgan fingerprint density at radius 3 is 2.47 bits per heavy atom. The first-order chi connectivity index (χ1) is 14.6. The monoisotopic (exact) mass is 404 g/mol. The van der Waals surface area contributed by atoms with Crippen LogP contribution in [0.25, 0.3) is 17.1 Å². The summed E-state index contributed by atoms with van der Waals surface area (Å²) in [6, 6.07) is 17.5. The SMILES string of the molecule is CCN(CC)C(=O)Cn1c(CCNC(=O)/C=C/c2ccccc2)nc2ccccc21. The molecule has 0 aliphatic rings. The van der Waals surface area contributed by atoms with E-state index in [1.165, 1.54) is 6.08 Å². The van der Waals surface area contributed by atoms with Crippen molar-refractivity contribution in [3.8, 4) is 0 Å². The standard InChI is InChI=1S/C24H28N4O2/c1-3-27(4-2)24(30)18-28-21-13-9-8-12-20(21)26-22(28)16-17-25-23(29)15-14-19-10-6-5-7-11-19/h5-15H,3-4,16-18H2,1-2H3,(H,25,29)/b15-14+. The summed E-state index contributed by atoms with van der Waals surface area (Å²) in [5.74, 6) is 0.712. The third-order valence-corrected chi connectivity index (χ3v) is 5.02. The Hall–Kier alpha value is -3.41. The second-order valence-electron chi connectivity index (χ2n) is 6.95. The zero-order chi connectivity index (χ0) is 21.3. The van der Waals surface area contributed by atoms with Gasteiger partial charge in [0.15, 0.2) is 0 Å². The van der Waals surface area contributed by atoms with Gasteiger partial charge in [0.25, 0.3) is 0 Å². The van der Waals surface area contributed by atoms with E-state index in [0.29, 0.717) is 26.1 Å². The largest absolute Gasteiger partial charge is 0.352 e. The van der Waals surface area contributed by atoms with E-state index in [2.05, 4.69) is 5.32 Å². The van der Waals surface area contributed by atoms with Crippen LogP contribution in [0.3, 0.4) is 0 Å². The number of imidazole rings is 1. The first-order valence-corrected chi connectivity index (χ1v) is 10.3. The minimum absolute atomic E-state index is 0.0687. The molecule has 1 heterocycles. The summed E-state index contributed by atoms with van der Waals surface area (Å²) in [6.45, 7) is 6.02. The van der Waals surface area contributed by atoms with Crippen molar-refractivity contribution in [2.75, 3.05) is 19.6 Å². The summed E-state index contributed by atoms with van der Waals surface area (Å²) in [6.07, 6.45) is 3.86. The van der Waals surface area contributed by atoms with Crippen LogP contribution in [0.5, 0.6) is 0 Å². The zero-order valence-corrected chi connectivity index (χ0v) is 17.5. The number of amides is 2. The van der Waals surface area contributed by atoms with Crippen molar-refractivity contribution >= 4 is 28.9 Å². The van der Waals surface area contributed by atoms with Crippen LogP contribution >= 0.6 is 0 Å². The third-order valence-electron chi connectivity index (χ3n) is 5.02. The van der Waals surface area contributed by atoms with Crippen molar-refractivity contribution in [1.82, 2.24) is 19.8 Å². The Morgan fingerprint density at radius 1 is 1.03 bits per heavy atom. The summed E-state index contributed by atoms with van der Waals surface area (Å²) < 4.78 is 1.96. The number of aromatic nitrogens is 2. The maximum atomic E-state index is 12.7. The number of carbonyl (C=O) groups is 2. The number of fused-ring (bicyclic) bond motifs is 1. The summed E-state index contributed by atoms with van der Waals surface area (Å²) in [5.41, 5.74) is 2.77. The van der Waals surface area contributed by atoms with E-state index in [1.54, 1.807) is 6.08 Å². The molecular formula is C24H28N4O2. The van der Waals surface area contributed by atoms with E-state index in [9.17, 15) is 9.59 Å². The number of benzene rings is 2. The number of hydrogen-bond acceptors (Lipinski definition) is 3. The number of likely N-dealkylation sites (N-methyl/N-ethyl adjacent to an activating group) is 1. The zero-order valence-electron chi connectivity index (χ0n) is 17.5. The number of carbonyl (C=O) groups excluding carboxylic acids is 2. The molecule has 0 aliphatic heterocycles.